The fourth-order valence-electron chi connectivity index (χ4n) is 5.50. The molecule has 2 aliphatic heterocycles. The van der Waals surface area contributed by atoms with Crippen LogP contribution in [0, 0.1) is 17.7 Å². The van der Waals surface area contributed by atoms with Crippen LogP contribution in [0.15, 0.2) is 36.7 Å². The first kappa shape index (κ1) is 20.2. The molecule has 3 aromatic rings. The van der Waals surface area contributed by atoms with Gasteiger partial charge in [-0.3, -0.25) is 0 Å². The van der Waals surface area contributed by atoms with E-state index in [0.717, 1.165) is 50.1 Å². The largest absolute Gasteiger partial charge is 0.481 e. The molecule has 9 nitrogen and oxygen atoms in total. The molecule has 0 radical (unpaired) electrons. The van der Waals surface area contributed by atoms with Crippen LogP contribution in [0.1, 0.15) is 19.3 Å². The number of hydrogen-bond donors (Lipinski definition) is 1. The molecule has 33 heavy (non-hydrogen) atoms. The minimum Gasteiger partial charge on any atom is -0.481 e. The number of fused-ring (bicyclic) bond motifs is 3. The van der Waals surface area contributed by atoms with E-state index in [1.54, 1.807) is 25.6 Å². The third-order valence-corrected chi connectivity index (χ3v) is 7.07. The van der Waals surface area contributed by atoms with Gasteiger partial charge in [0, 0.05) is 44.0 Å². The molecule has 0 spiro atoms. The highest BCUT2D eigenvalue weighted by atomic mass is 19.1. The quantitative estimate of drug-likeness (QED) is 0.635. The first-order valence-corrected chi connectivity index (χ1v) is 11.5. The molecule has 0 amide bonds. The van der Waals surface area contributed by atoms with Gasteiger partial charge in [0.05, 0.1) is 7.11 Å². The summed E-state index contributed by atoms with van der Waals surface area (Å²) in [7, 11) is 1.63. The average Bonchev–Trinajstić information content (AvgIpc) is 3.35. The van der Waals surface area contributed by atoms with E-state index >= 15 is 0 Å². The lowest BCUT2D eigenvalue weighted by molar-refractivity contribution is 0.372. The molecule has 1 saturated heterocycles. The van der Waals surface area contributed by atoms with E-state index < -0.39 is 0 Å². The second-order valence-corrected chi connectivity index (χ2v) is 9.03. The van der Waals surface area contributed by atoms with E-state index in [1.807, 2.05) is 10.7 Å². The Morgan fingerprint density at radius 2 is 1.85 bits per heavy atom. The Kier molecular flexibility index (Phi) is 5.00. The lowest BCUT2D eigenvalue weighted by Gasteiger charge is -2.38. The molecule has 2 fully saturated rings. The van der Waals surface area contributed by atoms with Crippen LogP contribution in [0.4, 0.5) is 27.8 Å². The second-order valence-electron chi connectivity index (χ2n) is 9.03. The van der Waals surface area contributed by atoms with Crippen molar-refractivity contribution in [2.45, 2.75) is 31.8 Å². The fraction of sp³-hybridized carbons (Fsp3) is 0.478. The third kappa shape index (κ3) is 3.73. The summed E-state index contributed by atoms with van der Waals surface area (Å²) >= 11 is 0. The van der Waals surface area contributed by atoms with Crippen molar-refractivity contribution in [3.05, 3.63) is 42.5 Å². The maximum atomic E-state index is 13.4. The van der Waals surface area contributed by atoms with Gasteiger partial charge in [0.15, 0.2) is 0 Å². The van der Waals surface area contributed by atoms with E-state index in [4.69, 9.17) is 14.8 Å². The third-order valence-electron chi connectivity index (χ3n) is 7.07. The predicted molar refractivity (Wildman–Crippen MR) is 122 cm³/mol. The number of piperidine rings is 1. The number of benzene rings is 1. The number of aryl methyl sites for hydroxylation is 1. The van der Waals surface area contributed by atoms with Crippen molar-refractivity contribution in [3.8, 4) is 5.88 Å². The summed E-state index contributed by atoms with van der Waals surface area (Å²) in [4.78, 5) is 17.9. The Hall–Kier alpha value is -3.43. The maximum absolute atomic E-state index is 13.4. The van der Waals surface area contributed by atoms with E-state index in [0.29, 0.717) is 29.7 Å². The molecule has 3 aliphatic rings. The second kappa shape index (κ2) is 8.17. The molecule has 10 heteroatoms. The van der Waals surface area contributed by atoms with Crippen molar-refractivity contribution >= 4 is 23.4 Å². The number of nitrogens with zero attached hydrogens (tertiary/aromatic N) is 7. The number of ether oxygens (including phenoxy) is 1. The first-order chi connectivity index (χ1) is 16.2. The highest BCUT2D eigenvalue weighted by Gasteiger charge is 2.43. The zero-order chi connectivity index (χ0) is 22.4. The number of aromatic nitrogens is 5. The van der Waals surface area contributed by atoms with Crippen LogP contribution in [0.25, 0.3) is 0 Å². The van der Waals surface area contributed by atoms with Crippen molar-refractivity contribution in [2.24, 2.45) is 11.8 Å². The van der Waals surface area contributed by atoms with Gasteiger partial charge < -0.3 is 19.9 Å². The molecule has 2 unspecified atom stereocenters. The summed E-state index contributed by atoms with van der Waals surface area (Å²) in [5.74, 6) is 3.76. The van der Waals surface area contributed by atoms with Crippen LogP contribution in [-0.2, 0) is 6.54 Å². The van der Waals surface area contributed by atoms with Crippen LogP contribution in [-0.4, -0.2) is 57.5 Å². The van der Waals surface area contributed by atoms with Crippen LogP contribution in [0.5, 0.6) is 5.88 Å². The number of halogens is 1. The molecule has 4 heterocycles. The Bertz CT molecular complexity index is 1120. The summed E-state index contributed by atoms with van der Waals surface area (Å²) in [6, 6.07) is 8.82. The minimum absolute atomic E-state index is 0.234. The summed E-state index contributed by atoms with van der Waals surface area (Å²) in [5.41, 5.74) is 0.935. The van der Waals surface area contributed by atoms with Gasteiger partial charge >= 0.3 is 0 Å². The van der Waals surface area contributed by atoms with Crippen LogP contribution < -0.4 is 19.9 Å². The van der Waals surface area contributed by atoms with Gasteiger partial charge in [0.25, 0.3) is 0 Å². The molecule has 6 rings (SSSR count). The van der Waals surface area contributed by atoms with Crippen molar-refractivity contribution in [1.29, 1.82) is 0 Å². The van der Waals surface area contributed by atoms with Crippen molar-refractivity contribution in [2.75, 3.05) is 41.9 Å². The highest BCUT2D eigenvalue weighted by molar-refractivity contribution is 5.59. The molecule has 2 bridgehead atoms. The maximum Gasteiger partial charge on any atom is 0.244 e. The molecule has 1 aliphatic carbocycles. The Morgan fingerprint density at radius 1 is 1.06 bits per heavy atom. The fourth-order valence-corrected chi connectivity index (χ4v) is 5.50. The first-order valence-electron chi connectivity index (χ1n) is 11.5. The summed E-state index contributed by atoms with van der Waals surface area (Å²) in [6.07, 6.45) is 4.89. The molecule has 1 saturated carbocycles. The van der Waals surface area contributed by atoms with Crippen LogP contribution in [0.2, 0.25) is 0 Å². The van der Waals surface area contributed by atoms with Gasteiger partial charge in [0.1, 0.15) is 18.0 Å². The number of nitrogens with one attached hydrogen (secondary N) is 1. The standard InChI is InChI=1S/C23H27FN8O/c1-33-20-11-19(25-14-26-20)30-12-15-3-4-16(13-30)21(15)27-22-28-23-31(9-2-10-32(23)29-22)18-7-5-17(24)6-8-18/h5-8,11,14-16,21H,2-4,9-10,12-13H2,1H3,(H,27,29)/t15-,16?,21?/m0/s1. The molecular weight excluding hydrogens is 423 g/mol. The van der Waals surface area contributed by atoms with Crippen LogP contribution in [0.3, 0.4) is 0 Å². The number of hydrogen-bond acceptors (Lipinski definition) is 8. The monoisotopic (exact) mass is 450 g/mol. The van der Waals surface area contributed by atoms with Gasteiger partial charge in [-0.25, -0.2) is 19.0 Å². The van der Waals surface area contributed by atoms with Gasteiger partial charge in [0.2, 0.25) is 17.8 Å². The van der Waals surface area contributed by atoms with Crippen LogP contribution >= 0.6 is 0 Å². The zero-order valence-electron chi connectivity index (χ0n) is 18.6. The molecule has 3 atom stereocenters. The summed E-state index contributed by atoms with van der Waals surface area (Å²) < 4.78 is 20.6. The molecule has 1 N–H and O–H groups in total. The molecule has 1 aromatic carbocycles. The van der Waals surface area contributed by atoms with Gasteiger partial charge in [-0.15, -0.1) is 5.10 Å². The summed E-state index contributed by atoms with van der Waals surface area (Å²) in [5, 5.41) is 8.42. The van der Waals surface area contributed by atoms with E-state index in [-0.39, 0.29) is 5.82 Å². The predicted octanol–water partition coefficient (Wildman–Crippen LogP) is 3.08. The summed E-state index contributed by atoms with van der Waals surface area (Å²) in [6.45, 7) is 3.55. The Labute approximate surface area is 191 Å². The normalized spacial score (nSPS) is 24.0. The average molecular weight is 451 g/mol. The molecule has 2 aromatic heterocycles. The highest BCUT2D eigenvalue weighted by Crippen LogP contribution is 2.40. The number of methoxy groups -OCH3 is 1. The lowest BCUT2D eigenvalue weighted by atomic mass is 9.92. The van der Waals surface area contributed by atoms with Gasteiger partial charge in [-0.2, -0.15) is 4.98 Å². The van der Waals surface area contributed by atoms with Crippen molar-refractivity contribution in [3.63, 3.8) is 0 Å². The van der Waals surface area contributed by atoms with Gasteiger partial charge in [-0.05, 0) is 55.4 Å². The smallest absolute Gasteiger partial charge is 0.244 e. The topological polar surface area (TPSA) is 84.2 Å². The molecule has 172 valence electrons. The molecular formula is C23H27FN8O. The zero-order valence-corrected chi connectivity index (χ0v) is 18.6. The van der Waals surface area contributed by atoms with Crippen molar-refractivity contribution in [1.82, 2.24) is 24.7 Å². The lowest BCUT2D eigenvalue weighted by Crippen LogP contribution is -2.48. The van der Waals surface area contributed by atoms with E-state index in [9.17, 15) is 4.39 Å². The minimum atomic E-state index is -0.234. The number of anilines is 4. The van der Waals surface area contributed by atoms with E-state index in [1.165, 1.54) is 25.0 Å². The SMILES string of the molecule is COc1cc(N2CC3CC[C@@H](C2)C3Nc2nc3n(n2)CCCN3c2ccc(F)cc2)ncn1. The van der Waals surface area contributed by atoms with Gasteiger partial charge in [-0.1, -0.05) is 0 Å². The van der Waals surface area contributed by atoms with E-state index in [2.05, 4.69) is 25.1 Å². The number of rotatable bonds is 5. The Morgan fingerprint density at radius 3 is 2.61 bits per heavy atom. The van der Waals surface area contributed by atoms with Crippen molar-refractivity contribution < 1.29 is 9.13 Å². The Balaban J connectivity index is 1.19.